The van der Waals surface area contributed by atoms with Crippen LogP contribution in [0.1, 0.15) is 34.6 Å². The summed E-state index contributed by atoms with van der Waals surface area (Å²) in [6.07, 6.45) is -0.519. The smallest absolute Gasteiger partial charge is 0.407 e. The maximum atomic E-state index is 11.5. The molecule has 0 aromatic carbocycles. The van der Waals surface area contributed by atoms with Crippen molar-refractivity contribution >= 4 is 6.09 Å². The van der Waals surface area contributed by atoms with Crippen LogP contribution in [0.4, 0.5) is 4.79 Å². The van der Waals surface area contributed by atoms with E-state index in [9.17, 15) is 9.90 Å². The zero-order chi connectivity index (χ0) is 15.8. The molecule has 0 rings (SSSR count). The maximum Gasteiger partial charge on any atom is 0.407 e. The molecule has 6 nitrogen and oxygen atoms in total. The van der Waals surface area contributed by atoms with Gasteiger partial charge in [0.05, 0.1) is 18.8 Å². The number of aliphatic hydroxyl groups is 1. The second kappa shape index (κ2) is 8.44. The molecule has 0 bridgehead atoms. The van der Waals surface area contributed by atoms with Crippen molar-refractivity contribution in [2.75, 3.05) is 39.9 Å². The number of amides is 1. The van der Waals surface area contributed by atoms with Crippen LogP contribution in [-0.4, -0.2) is 67.2 Å². The van der Waals surface area contributed by atoms with E-state index in [4.69, 9.17) is 9.47 Å². The van der Waals surface area contributed by atoms with Gasteiger partial charge in [-0.05, 0) is 41.7 Å². The summed E-state index contributed by atoms with van der Waals surface area (Å²) in [5.41, 5.74) is -1.55. The first-order valence-electron chi connectivity index (χ1n) is 7.01. The largest absolute Gasteiger partial charge is 0.444 e. The van der Waals surface area contributed by atoms with E-state index in [1.54, 1.807) is 27.7 Å². The molecule has 2 N–H and O–H groups in total. The third kappa shape index (κ3) is 11.0. The van der Waals surface area contributed by atoms with Crippen LogP contribution >= 0.6 is 0 Å². The van der Waals surface area contributed by atoms with Gasteiger partial charge in [0.15, 0.2) is 0 Å². The first kappa shape index (κ1) is 19.1. The molecule has 0 aromatic rings. The molecule has 6 heteroatoms. The fourth-order valence-electron chi connectivity index (χ4n) is 1.66. The summed E-state index contributed by atoms with van der Waals surface area (Å²) in [6, 6.07) is 0. The Bertz CT molecular complexity index is 287. The Hall–Kier alpha value is -0.850. The molecule has 0 saturated heterocycles. The summed E-state index contributed by atoms with van der Waals surface area (Å²) in [7, 11) is 1.90. The van der Waals surface area contributed by atoms with Crippen molar-refractivity contribution in [3.63, 3.8) is 0 Å². The summed E-state index contributed by atoms with van der Waals surface area (Å²) in [5.74, 6) is 0. The van der Waals surface area contributed by atoms with Crippen LogP contribution < -0.4 is 5.32 Å². The number of ether oxygens (including phenoxy) is 2. The number of hydrogen-bond acceptors (Lipinski definition) is 5. The van der Waals surface area contributed by atoms with E-state index in [1.807, 2.05) is 18.9 Å². The Morgan fingerprint density at radius 2 is 1.90 bits per heavy atom. The number of likely N-dealkylation sites (N-methyl/N-ethyl adjacent to an activating group) is 1. The van der Waals surface area contributed by atoms with Crippen molar-refractivity contribution in [2.45, 2.75) is 45.8 Å². The van der Waals surface area contributed by atoms with Gasteiger partial charge in [-0.25, -0.2) is 4.79 Å². The standard InChI is InChI=1S/C14H30N2O4/c1-7-19-9-8-16(6)11-14(5,18)10-15-12(17)20-13(2,3)4/h18H,7-11H2,1-6H3,(H,15,17)/t14-/m0/s1. The molecule has 0 aliphatic heterocycles. The minimum atomic E-state index is -1.02. The van der Waals surface area contributed by atoms with Gasteiger partial charge in [0.25, 0.3) is 0 Å². The SMILES string of the molecule is CCOCCN(C)C[C@@](C)(O)CNC(=O)OC(C)(C)C. The predicted molar refractivity (Wildman–Crippen MR) is 78.9 cm³/mol. The van der Waals surface area contributed by atoms with Gasteiger partial charge in [-0.2, -0.15) is 0 Å². The number of hydrogen-bond donors (Lipinski definition) is 2. The minimum absolute atomic E-state index is 0.140. The molecule has 0 unspecified atom stereocenters. The molecule has 0 aliphatic rings. The van der Waals surface area contributed by atoms with Crippen molar-refractivity contribution in [1.82, 2.24) is 10.2 Å². The molecular weight excluding hydrogens is 260 g/mol. The molecule has 120 valence electrons. The van der Waals surface area contributed by atoms with Crippen molar-refractivity contribution in [3.05, 3.63) is 0 Å². The number of rotatable bonds is 8. The third-order valence-corrected chi connectivity index (χ3v) is 2.44. The quantitative estimate of drug-likeness (QED) is 0.658. The van der Waals surface area contributed by atoms with E-state index in [1.165, 1.54) is 0 Å². The van der Waals surface area contributed by atoms with E-state index >= 15 is 0 Å². The van der Waals surface area contributed by atoms with E-state index < -0.39 is 17.3 Å². The van der Waals surface area contributed by atoms with Crippen LogP contribution in [0.5, 0.6) is 0 Å². The Morgan fingerprint density at radius 3 is 2.40 bits per heavy atom. The molecule has 0 spiro atoms. The highest BCUT2D eigenvalue weighted by atomic mass is 16.6. The highest BCUT2D eigenvalue weighted by molar-refractivity contribution is 5.67. The fraction of sp³-hybridized carbons (Fsp3) is 0.929. The highest BCUT2D eigenvalue weighted by Crippen LogP contribution is 2.08. The third-order valence-electron chi connectivity index (χ3n) is 2.44. The molecule has 0 aromatic heterocycles. The number of alkyl carbamates (subject to hydrolysis) is 1. The zero-order valence-corrected chi connectivity index (χ0v) is 13.7. The lowest BCUT2D eigenvalue weighted by Crippen LogP contribution is -2.49. The average molecular weight is 290 g/mol. The van der Waals surface area contributed by atoms with Crippen LogP contribution in [0, 0.1) is 0 Å². The van der Waals surface area contributed by atoms with Crippen LogP contribution in [0.25, 0.3) is 0 Å². The molecule has 0 radical (unpaired) electrons. The van der Waals surface area contributed by atoms with E-state index in [2.05, 4.69) is 5.32 Å². The lowest BCUT2D eigenvalue weighted by molar-refractivity contribution is 0.0109. The topological polar surface area (TPSA) is 71.0 Å². The summed E-state index contributed by atoms with van der Waals surface area (Å²) in [5, 5.41) is 12.8. The Balaban J connectivity index is 4.02. The monoisotopic (exact) mass is 290 g/mol. The molecule has 0 heterocycles. The number of carbonyl (C=O) groups excluding carboxylic acids is 1. The van der Waals surface area contributed by atoms with Crippen LogP contribution in [0.2, 0.25) is 0 Å². The van der Waals surface area contributed by atoms with Gasteiger partial charge in [-0.1, -0.05) is 0 Å². The molecule has 0 fully saturated rings. The van der Waals surface area contributed by atoms with Crippen molar-refractivity contribution in [1.29, 1.82) is 0 Å². The molecule has 20 heavy (non-hydrogen) atoms. The fourth-order valence-corrected chi connectivity index (χ4v) is 1.66. The second-order valence-electron chi connectivity index (χ2n) is 6.29. The highest BCUT2D eigenvalue weighted by Gasteiger charge is 2.24. The summed E-state index contributed by atoms with van der Waals surface area (Å²) < 4.78 is 10.4. The molecule has 1 amide bonds. The molecule has 1 atom stereocenters. The van der Waals surface area contributed by atoms with Gasteiger partial charge in [0.2, 0.25) is 0 Å². The maximum absolute atomic E-state index is 11.5. The number of carbonyl (C=O) groups is 1. The van der Waals surface area contributed by atoms with Crippen molar-refractivity contribution in [2.24, 2.45) is 0 Å². The first-order chi connectivity index (χ1) is 9.06. The molecule has 0 aliphatic carbocycles. The van der Waals surface area contributed by atoms with Gasteiger partial charge in [-0.3, -0.25) is 0 Å². The van der Waals surface area contributed by atoms with Gasteiger partial charge >= 0.3 is 6.09 Å². The van der Waals surface area contributed by atoms with E-state index in [0.29, 0.717) is 19.8 Å². The summed E-state index contributed by atoms with van der Waals surface area (Å²) in [6.45, 7) is 11.6. The molecular formula is C14H30N2O4. The van der Waals surface area contributed by atoms with E-state index in [-0.39, 0.29) is 6.54 Å². The average Bonchev–Trinajstić information content (AvgIpc) is 2.24. The zero-order valence-electron chi connectivity index (χ0n) is 13.7. The second-order valence-corrected chi connectivity index (χ2v) is 6.29. The van der Waals surface area contributed by atoms with Crippen LogP contribution in [0.3, 0.4) is 0 Å². The van der Waals surface area contributed by atoms with Crippen molar-refractivity contribution in [3.8, 4) is 0 Å². The first-order valence-corrected chi connectivity index (χ1v) is 7.01. The van der Waals surface area contributed by atoms with Gasteiger partial charge < -0.3 is 24.8 Å². The Morgan fingerprint density at radius 1 is 1.30 bits per heavy atom. The Labute approximate surface area is 122 Å². The number of nitrogens with one attached hydrogen (secondary N) is 1. The van der Waals surface area contributed by atoms with Gasteiger partial charge in [0.1, 0.15) is 5.60 Å². The molecule has 0 saturated carbocycles. The van der Waals surface area contributed by atoms with Crippen LogP contribution in [-0.2, 0) is 9.47 Å². The summed E-state index contributed by atoms with van der Waals surface area (Å²) >= 11 is 0. The predicted octanol–water partition coefficient (Wildman–Crippen LogP) is 1.23. The minimum Gasteiger partial charge on any atom is -0.444 e. The van der Waals surface area contributed by atoms with E-state index in [0.717, 1.165) is 6.54 Å². The lowest BCUT2D eigenvalue weighted by Gasteiger charge is -2.29. The van der Waals surface area contributed by atoms with Gasteiger partial charge in [0, 0.05) is 19.7 Å². The van der Waals surface area contributed by atoms with Crippen molar-refractivity contribution < 1.29 is 19.4 Å². The number of nitrogens with zero attached hydrogens (tertiary/aromatic N) is 1. The van der Waals surface area contributed by atoms with Gasteiger partial charge in [-0.15, -0.1) is 0 Å². The van der Waals surface area contributed by atoms with Crippen LogP contribution in [0.15, 0.2) is 0 Å². The lowest BCUT2D eigenvalue weighted by atomic mass is 10.1. The Kier molecular flexibility index (Phi) is 8.08. The summed E-state index contributed by atoms with van der Waals surface area (Å²) in [4.78, 5) is 13.5. The normalized spacial score (nSPS) is 15.0.